The highest BCUT2D eigenvalue weighted by Gasteiger charge is 2.45. The number of aliphatic hydroxyl groups is 8. The number of carbonyl (C=O) groups is 1. The lowest BCUT2D eigenvalue weighted by molar-refractivity contribution is -0.301. The van der Waals surface area contributed by atoms with Crippen LogP contribution in [0.4, 0.5) is 0 Å². The molecule has 0 aliphatic carbocycles. The van der Waals surface area contributed by atoms with E-state index in [0.717, 1.165) is 20.8 Å². The Morgan fingerprint density at radius 1 is 0.885 bits per heavy atom. The Bertz CT molecular complexity index is 398. The maximum absolute atomic E-state index is 10.1. The van der Waals surface area contributed by atoms with E-state index < -0.39 is 54.5 Å². The van der Waals surface area contributed by atoms with Crippen molar-refractivity contribution in [3.8, 4) is 0 Å². The summed E-state index contributed by atoms with van der Waals surface area (Å²) < 4.78 is 0. The van der Waals surface area contributed by atoms with Gasteiger partial charge in [-0.3, -0.25) is 17.2 Å². The highest BCUT2D eigenvalue weighted by molar-refractivity contribution is 5.72. The van der Waals surface area contributed by atoms with Crippen molar-refractivity contribution in [3.05, 3.63) is 0 Å². The molecule has 26 heavy (non-hydrogen) atoms. The van der Waals surface area contributed by atoms with E-state index in [-0.39, 0.29) is 0 Å². The fourth-order valence-electron chi connectivity index (χ4n) is 2.04. The number of carboxylic acid groups (broad SMARTS) is 1. The predicted molar refractivity (Wildman–Crippen MR) is 85.0 cm³/mol. The van der Waals surface area contributed by atoms with Crippen LogP contribution >= 0.6 is 0 Å². The van der Waals surface area contributed by atoms with Gasteiger partial charge in [-0.2, -0.15) is 4.90 Å². The standard InChI is InChI=1S/C6H18N4O3.C6H12O7/c1-4(7,11)10(5(2,8)12)6(3,9)13;7-1-2(8)3(9)4(10)5(11)6(12)13/h11-13H,7-9H2,1-3H3;2-5,7-11H,1H2,(H,12,13)/t;2-,3-,4+,5-/m.1/s1. The second-order valence-electron chi connectivity index (χ2n) is 6.13. The molecule has 0 rings (SSSR count). The molecule has 3 unspecified atom stereocenters. The summed E-state index contributed by atoms with van der Waals surface area (Å²) in [5, 5.41) is 79.9. The van der Waals surface area contributed by atoms with Gasteiger partial charge in [0, 0.05) is 0 Å². The van der Waals surface area contributed by atoms with Crippen molar-refractivity contribution in [1.82, 2.24) is 4.90 Å². The van der Waals surface area contributed by atoms with Gasteiger partial charge in [-0.15, -0.1) is 0 Å². The fraction of sp³-hybridized carbons (Fsp3) is 0.917. The Kier molecular flexibility index (Phi) is 10.2. The van der Waals surface area contributed by atoms with Gasteiger partial charge >= 0.3 is 5.97 Å². The summed E-state index contributed by atoms with van der Waals surface area (Å²) in [6.45, 7) is 2.56. The molecule has 0 heterocycles. The lowest BCUT2D eigenvalue weighted by atomic mass is 10.0. The van der Waals surface area contributed by atoms with Crippen LogP contribution in [-0.2, 0) is 4.79 Å². The number of carboxylic acids is 1. The predicted octanol–water partition coefficient (Wildman–Crippen LogP) is -6.33. The van der Waals surface area contributed by atoms with Gasteiger partial charge < -0.3 is 46.0 Å². The molecule has 0 spiro atoms. The molecule has 14 heteroatoms. The first-order chi connectivity index (χ1) is 11.3. The second-order valence-corrected chi connectivity index (χ2v) is 6.13. The Balaban J connectivity index is 0. The van der Waals surface area contributed by atoms with E-state index in [1.165, 1.54) is 0 Å². The molecule has 0 fully saturated rings. The molecule has 0 amide bonds. The molecule has 0 aromatic carbocycles. The third-order valence-electron chi connectivity index (χ3n) is 2.87. The summed E-state index contributed by atoms with van der Waals surface area (Å²) in [4.78, 5) is 10.7. The average molecular weight is 390 g/mol. The first kappa shape index (κ1) is 27.2. The highest BCUT2D eigenvalue weighted by atomic mass is 16.4. The molecule has 0 aromatic rings. The minimum absolute atomic E-state index is 0.562. The number of aliphatic hydroxyl groups excluding tert-OH is 5. The van der Waals surface area contributed by atoms with Gasteiger partial charge in [0.25, 0.3) is 0 Å². The first-order valence-electron chi connectivity index (χ1n) is 7.18. The normalized spacial score (nSPS) is 23.3. The van der Waals surface area contributed by atoms with Gasteiger partial charge in [0.1, 0.15) is 18.3 Å². The average Bonchev–Trinajstić information content (AvgIpc) is 2.39. The molecule has 0 saturated heterocycles. The number of nitrogens with two attached hydrogens (primary N) is 3. The summed E-state index contributed by atoms with van der Waals surface area (Å²) in [6, 6.07) is 0. The maximum atomic E-state index is 10.1. The molecule has 0 aromatic heterocycles. The fourth-order valence-corrected chi connectivity index (χ4v) is 2.04. The number of hydrogen-bond acceptors (Lipinski definition) is 13. The minimum atomic E-state index is -2.20. The second kappa shape index (κ2) is 9.79. The molecule has 15 N–H and O–H groups in total. The van der Waals surface area contributed by atoms with Crippen LogP contribution in [0.15, 0.2) is 0 Å². The summed E-state index contributed by atoms with van der Waals surface area (Å²) >= 11 is 0. The Morgan fingerprint density at radius 2 is 1.19 bits per heavy atom. The molecular formula is C12H30N4O10. The van der Waals surface area contributed by atoms with Crippen LogP contribution in [0.3, 0.4) is 0 Å². The molecule has 0 radical (unpaired) electrons. The number of nitrogens with zero attached hydrogens (tertiary/aromatic N) is 1. The van der Waals surface area contributed by atoms with Crippen LogP contribution in [0.1, 0.15) is 20.8 Å². The van der Waals surface area contributed by atoms with E-state index >= 15 is 0 Å². The largest absolute Gasteiger partial charge is 0.479 e. The van der Waals surface area contributed by atoms with Crippen LogP contribution in [0.5, 0.6) is 0 Å². The number of aliphatic carboxylic acids is 1. The lowest BCUT2D eigenvalue weighted by Gasteiger charge is -2.47. The molecular weight excluding hydrogens is 360 g/mol. The van der Waals surface area contributed by atoms with Crippen molar-refractivity contribution in [2.24, 2.45) is 17.2 Å². The summed E-state index contributed by atoms with van der Waals surface area (Å²) in [5.41, 5.74) is 15.8. The zero-order valence-electron chi connectivity index (χ0n) is 14.6. The Labute approximate surface area is 149 Å². The van der Waals surface area contributed by atoms with E-state index in [9.17, 15) is 20.1 Å². The van der Waals surface area contributed by atoms with Crippen molar-refractivity contribution in [2.75, 3.05) is 6.61 Å². The van der Waals surface area contributed by atoms with E-state index in [4.69, 9.17) is 47.8 Å². The molecule has 7 atom stereocenters. The molecule has 0 saturated carbocycles. The monoisotopic (exact) mass is 390 g/mol. The van der Waals surface area contributed by atoms with Crippen molar-refractivity contribution in [3.63, 3.8) is 0 Å². The molecule has 0 bridgehead atoms. The highest BCUT2D eigenvalue weighted by Crippen LogP contribution is 2.20. The van der Waals surface area contributed by atoms with E-state index in [2.05, 4.69) is 0 Å². The summed E-state index contributed by atoms with van der Waals surface area (Å²) in [7, 11) is 0. The zero-order chi connectivity index (χ0) is 21.7. The minimum Gasteiger partial charge on any atom is -0.479 e. The van der Waals surface area contributed by atoms with Gasteiger partial charge in [0.15, 0.2) is 23.7 Å². The van der Waals surface area contributed by atoms with Gasteiger partial charge in [-0.05, 0) is 20.8 Å². The lowest BCUT2D eigenvalue weighted by Crippen LogP contribution is -2.76. The third kappa shape index (κ3) is 9.08. The molecule has 14 nitrogen and oxygen atoms in total. The zero-order valence-corrected chi connectivity index (χ0v) is 14.6. The van der Waals surface area contributed by atoms with E-state index in [1.54, 1.807) is 0 Å². The molecule has 0 aliphatic rings. The van der Waals surface area contributed by atoms with Crippen LogP contribution in [0.25, 0.3) is 0 Å². The topological polar surface area (TPSA) is 280 Å². The number of rotatable bonds is 8. The van der Waals surface area contributed by atoms with E-state index in [1.807, 2.05) is 0 Å². The van der Waals surface area contributed by atoms with Crippen LogP contribution in [0.2, 0.25) is 0 Å². The molecule has 158 valence electrons. The number of hydrogen-bond donors (Lipinski definition) is 12. The summed E-state index contributed by atoms with van der Waals surface area (Å²) in [6.07, 6.45) is -7.84. The van der Waals surface area contributed by atoms with Crippen LogP contribution in [-0.4, -0.2) is 105 Å². The van der Waals surface area contributed by atoms with E-state index in [0.29, 0.717) is 4.90 Å². The quantitative estimate of drug-likeness (QED) is 0.172. The van der Waals surface area contributed by atoms with Crippen LogP contribution in [0, 0.1) is 0 Å². The Morgan fingerprint density at radius 3 is 1.35 bits per heavy atom. The molecule has 0 aliphatic heterocycles. The van der Waals surface area contributed by atoms with Crippen LogP contribution < -0.4 is 17.2 Å². The summed E-state index contributed by atoms with van der Waals surface area (Å²) in [5.74, 6) is -7.82. The maximum Gasteiger partial charge on any atom is 0.335 e. The smallest absolute Gasteiger partial charge is 0.335 e. The van der Waals surface area contributed by atoms with Crippen molar-refractivity contribution in [1.29, 1.82) is 0 Å². The van der Waals surface area contributed by atoms with Gasteiger partial charge in [-0.1, -0.05) is 0 Å². The van der Waals surface area contributed by atoms with Crippen molar-refractivity contribution < 1.29 is 50.8 Å². The first-order valence-corrected chi connectivity index (χ1v) is 7.18. The van der Waals surface area contributed by atoms with Crippen molar-refractivity contribution >= 4 is 5.97 Å². The Hall–Kier alpha value is -1.01. The van der Waals surface area contributed by atoms with Gasteiger partial charge in [0.05, 0.1) is 6.61 Å². The third-order valence-corrected chi connectivity index (χ3v) is 2.87. The SMILES string of the molecule is CC(N)(O)N(C(C)(N)O)C(C)(N)O.O=C(O)[C@H](O)[C@@H](O)[C@H](O)[C@H](O)CO. The van der Waals surface area contributed by atoms with Crippen molar-refractivity contribution in [2.45, 2.75) is 62.7 Å². The van der Waals surface area contributed by atoms with Gasteiger partial charge in [0.2, 0.25) is 0 Å². The van der Waals surface area contributed by atoms with Gasteiger partial charge in [-0.25, -0.2) is 4.79 Å².